The van der Waals surface area contributed by atoms with Gasteiger partial charge in [-0.3, -0.25) is 0 Å². The molecule has 4 nitrogen and oxygen atoms in total. The topological polar surface area (TPSA) is 45.6 Å². The fourth-order valence-corrected chi connectivity index (χ4v) is 11.5. The number of pyridine rings is 1. The van der Waals surface area contributed by atoms with Crippen LogP contribution in [-0.4, -0.2) is 49.9 Å². The van der Waals surface area contributed by atoms with E-state index in [1.165, 1.54) is 12.0 Å². The van der Waals surface area contributed by atoms with Gasteiger partial charge in [0.15, 0.2) is 6.17 Å². The summed E-state index contributed by atoms with van der Waals surface area (Å²) in [4.78, 5) is 7.23. The van der Waals surface area contributed by atoms with E-state index in [2.05, 4.69) is 80.3 Å². The molecule has 1 aliphatic heterocycles. The predicted molar refractivity (Wildman–Crippen MR) is 168 cm³/mol. The zero-order chi connectivity index (χ0) is 28.6. The molecule has 0 amide bonds. The van der Waals surface area contributed by atoms with Crippen molar-refractivity contribution in [3.63, 3.8) is 0 Å². The number of hydrogen-bond acceptors (Lipinski definition) is 4. The van der Waals surface area contributed by atoms with Gasteiger partial charge in [0, 0.05) is 18.5 Å². The summed E-state index contributed by atoms with van der Waals surface area (Å²) in [6.45, 7) is 8.77. The fraction of sp³-hybridized carbons (Fsp3) is 0.400. The molecule has 1 saturated carbocycles. The van der Waals surface area contributed by atoms with Gasteiger partial charge in [-0.05, 0) is 70.8 Å². The lowest BCUT2D eigenvalue weighted by Crippen LogP contribution is -2.68. The number of nitrogens with zero attached hydrogens (tertiary/aromatic N) is 2. The number of halogens is 1. The normalized spacial score (nSPS) is 23.1. The maximum Gasteiger partial charge on any atom is 0.261 e. The summed E-state index contributed by atoms with van der Waals surface area (Å²) in [6, 6.07) is 31.5. The Morgan fingerprint density at radius 1 is 0.927 bits per heavy atom. The van der Waals surface area contributed by atoms with Crippen molar-refractivity contribution in [3.8, 4) is 0 Å². The fourth-order valence-electron chi connectivity index (χ4n) is 6.77. The molecule has 6 rings (SSSR count). The van der Waals surface area contributed by atoms with Crippen LogP contribution < -0.4 is 15.3 Å². The van der Waals surface area contributed by atoms with E-state index in [1.807, 2.05) is 36.4 Å². The van der Waals surface area contributed by atoms with Crippen LogP contribution in [0, 0.1) is 5.92 Å². The van der Waals surface area contributed by atoms with E-state index in [4.69, 9.17) is 9.41 Å². The van der Waals surface area contributed by atoms with Crippen molar-refractivity contribution in [2.24, 2.45) is 5.92 Å². The van der Waals surface area contributed by atoms with Crippen LogP contribution in [0.4, 0.5) is 10.2 Å². The Balaban J connectivity index is 1.30. The number of rotatable bonds is 8. The quantitative estimate of drug-likeness (QED) is 0.263. The lowest BCUT2D eigenvalue weighted by molar-refractivity contribution is 0.0354. The average Bonchev–Trinajstić information content (AvgIpc) is 3.21. The van der Waals surface area contributed by atoms with Crippen molar-refractivity contribution in [2.45, 2.75) is 69.9 Å². The Morgan fingerprint density at radius 2 is 1.56 bits per heavy atom. The highest BCUT2D eigenvalue weighted by molar-refractivity contribution is 6.99. The van der Waals surface area contributed by atoms with Gasteiger partial charge in [-0.2, -0.15) is 0 Å². The number of benzene rings is 3. The highest BCUT2D eigenvalue weighted by Crippen LogP contribution is 2.43. The first-order valence-corrected chi connectivity index (χ1v) is 16.9. The molecule has 1 saturated heterocycles. The Kier molecular flexibility index (Phi) is 7.75. The second-order valence-corrected chi connectivity index (χ2v) is 17.1. The molecule has 2 fully saturated rings. The Morgan fingerprint density at radius 3 is 2.15 bits per heavy atom. The van der Waals surface area contributed by atoms with Crippen molar-refractivity contribution in [2.75, 3.05) is 18.0 Å². The summed E-state index contributed by atoms with van der Waals surface area (Å²) in [5.41, 5.74) is 2.19. The number of aromatic nitrogens is 1. The van der Waals surface area contributed by atoms with Crippen LogP contribution in [0.2, 0.25) is 5.04 Å². The molecule has 2 heterocycles. The molecule has 4 unspecified atom stereocenters. The number of aryl methyl sites for hydroxylation is 1. The average molecular weight is 569 g/mol. The molecule has 6 heteroatoms. The second-order valence-electron chi connectivity index (χ2n) is 12.8. The SMILES string of the molecule is CC(C)(C)[Si](OC1C(CCc2ccc3ccc(N4CCC4)nc3c2)CC(O)C1F)(c1ccccc1)c1ccccc1. The molecule has 3 aromatic carbocycles. The summed E-state index contributed by atoms with van der Waals surface area (Å²) >= 11 is 0. The molecule has 4 atom stereocenters. The van der Waals surface area contributed by atoms with Gasteiger partial charge in [-0.25, -0.2) is 9.37 Å². The minimum absolute atomic E-state index is 0.0854. The zero-order valence-electron chi connectivity index (χ0n) is 24.3. The number of hydrogen-bond donors (Lipinski definition) is 1. The van der Waals surface area contributed by atoms with Gasteiger partial charge in [0.25, 0.3) is 8.32 Å². The first-order chi connectivity index (χ1) is 19.8. The van der Waals surface area contributed by atoms with E-state index in [1.54, 1.807) is 0 Å². The van der Waals surface area contributed by atoms with Gasteiger partial charge in [-0.15, -0.1) is 0 Å². The van der Waals surface area contributed by atoms with E-state index in [0.717, 1.165) is 53.0 Å². The van der Waals surface area contributed by atoms with Crippen molar-refractivity contribution in [1.29, 1.82) is 0 Å². The van der Waals surface area contributed by atoms with Crippen LogP contribution >= 0.6 is 0 Å². The van der Waals surface area contributed by atoms with Gasteiger partial charge < -0.3 is 14.4 Å². The molecule has 0 bridgehead atoms. The Labute approximate surface area is 244 Å². The summed E-state index contributed by atoms with van der Waals surface area (Å²) in [5.74, 6) is 0.955. The van der Waals surface area contributed by atoms with Crippen LogP contribution in [0.5, 0.6) is 0 Å². The maximum atomic E-state index is 15.9. The first-order valence-electron chi connectivity index (χ1n) is 15.0. The third kappa shape index (κ3) is 5.33. The number of aliphatic hydroxyl groups excluding tert-OH is 1. The van der Waals surface area contributed by atoms with Crippen molar-refractivity contribution in [3.05, 3.63) is 96.6 Å². The van der Waals surface area contributed by atoms with Crippen LogP contribution in [0.25, 0.3) is 10.9 Å². The van der Waals surface area contributed by atoms with Gasteiger partial charge in [0.05, 0.1) is 17.7 Å². The first kappa shape index (κ1) is 28.1. The minimum atomic E-state index is -2.95. The molecule has 4 aromatic rings. The van der Waals surface area contributed by atoms with Crippen molar-refractivity contribution in [1.82, 2.24) is 4.98 Å². The lowest BCUT2D eigenvalue weighted by atomic mass is 9.96. The van der Waals surface area contributed by atoms with Gasteiger partial charge in [0.1, 0.15) is 5.82 Å². The van der Waals surface area contributed by atoms with Crippen molar-refractivity contribution >= 4 is 35.4 Å². The Hall–Kier alpha value is -3.06. The predicted octanol–water partition coefficient (Wildman–Crippen LogP) is 6.04. The highest BCUT2D eigenvalue weighted by Gasteiger charge is 2.55. The summed E-state index contributed by atoms with van der Waals surface area (Å²) in [6.07, 6.45) is 0.0651. The molecule has 0 spiro atoms. The third-order valence-electron chi connectivity index (χ3n) is 9.15. The van der Waals surface area contributed by atoms with E-state index in [-0.39, 0.29) is 11.0 Å². The van der Waals surface area contributed by atoms with Gasteiger partial charge >= 0.3 is 0 Å². The molecule has 41 heavy (non-hydrogen) atoms. The summed E-state index contributed by atoms with van der Waals surface area (Å²) < 4.78 is 23.1. The third-order valence-corrected chi connectivity index (χ3v) is 14.2. The van der Waals surface area contributed by atoms with Gasteiger partial charge in [0.2, 0.25) is 0 Å². The Bertz CT molecular complexity index is 1430. The van der Waals surface area contributed by atoms with E-state index in [9.17, 15) is 5.11 Å². The second kappa shape index (κ2) is 11.3. The molecule has 1 N–H and O–H groups in total. The minimum Gasteiger partial charge on any atom is -0.401 e. The zero-order valence-corrected chi connectivity index (χ0v) is 25.3. The molecular formula is C35H41FN2O2Si. The van der Waals surface area contributed by atoms with E-state index >= 15 is 4.39 Å². The lowest BCUT2D eigenvalue weighted by Gasteiger charge is -2.46. The van der Waals surface area contributed by atoms with E-state index in [0.29, 0.717) is 6.42 Å². The number of anilines is 1. The van der Waals surface area contributed by atoms with Crippen LogP contribution in [-0.2, 0) is 10.8 Å². The molecular weight excluding hydrogens is 527 g/mol. The molecule has 2 aliphatic rings. The maximum absolute atomic E-state index is 15.9. The van der Waals surface area contributed by atoms with Crippen LogP contribution in [0.3, 0.4) is 0 Å². The summed E-state index contributed by atoms with van der Waals surface area (Å²) in [5, 5.41) is 13.9. The molecule has 1 aliphatic carbocycles. The molecule has 0 radical (unpaired) electrons. The smallest absolute Gasteiger partial charge is 0.261 e. The molecule has 1 aromatic heterocycles. The molecule has 214 valence electrons. The summed E-state index contributed by atoms with van der Waals surface area (Å²) in [7, 11) is -2.95. The van der Waals surface area contributed by atoms with Crippen molar-refractivity contribution < 1.29 is 13.9 Å². The number of alkyl halides is 1. The number of aliphatic hydroxyl groups is 1. The van der Waals surface area contributed by atoms with Crippen LogP contribution in [0.1, 0.15) is 45.6 Å². The van der Waals surface area contributed by atoms with E-state index < -0.39 is 26.7 Å². The number of fused-ring (bicyclic) bond motifs is 1. The van der Waals surface area contributed by atoms with Gasteiger partial charge in [-0.1, -0.05) is 93.6 Å². The monoisotopic (exact) mass is 568 g/mol. The standard InChI is InChI=1S/C35H41FN2O2Si/c1-35(2,3)41(28-11-6-4-7-12-28,29-13-8-5-9-14-29)40-34-27(24-31(39)33(34)36)18-16-25-15-17-26-19-20-32(37-30(26)23-25)38-21-10-22-38/h4-9,11-15,17,19-20,23,27,31,33-34,39H,10,16,18,21-22,24H2,1-3H3. The van der Waals surface area contributed by atoms with Crippen LogP contribution in [0.15, 0.2) is 91.0 Å². The highest BCUT2D eigenvalue weighted by atomic mass is 28.4. The largest absolute Gasteiger partial charge is 0.401 e.